The van der Waals surface area contributed by atoms with Crippen molar-refractivity contribution in [2.75, 3.05) is 6.54 Å². The van der Waals surface area contributed by atoms with Gasteiger partial charge in [-0.3, -0.25) is 0 Å². The molecule has 0 spiro atoms. The average Bonchev–Trinajstić information content (AvgIpc) is 2.07. The Balaban J connectivity index is 3.02. The van der Waals surface area contributed by atoms with Crippen LogP contribution in [0.15, 0.2) is 30.6 Å². The lowest BCUT2D eigenvalue weighted by Crippen LogP contribution is -2.01. The van der Waals surface area contributed by atoms with Crippen molar-refractivity contribution in [1.29, 1.82) is 0 Å². The monoisotopic (exact) mass is 185 g/mol. The van der Waals surface area contributed by atoms with Crippen molar-refractivity contribution in [3.8, 4) is 0 Å². The average molecular weight is 186 g/mol. The predicted octanol–water partition coefficient (Wildman–Crippen LogP) is 2.61. The normalized spacial score (nSPS) is 11.8. The highest BCUT2D eigenvalue weighted by molar-refractivity contribution is 6.30. The second-order valence-corrected chi connectivity index (χ2v) is 2.79. The summed E-state index contributed by atoms with van der Waals surface area (Å²) in [6.07, 6.45) is 0.506. The number of rotatable bonds is 2. The van der Waals surface area contributed by atoms with Gasteiger partial charge in [-0.15, -0.1) is 0 Å². The molecule has 12 heavy (non-hydrogen) atoms. The third-order valence-electron chi connectivity index (χ3n) is 1.55. The second-order valence-electron chi connectivity index (χ2n) is 2.35. The highest BCUT2D eigenvalue weighted by Crippen LogP contribution is 2.17. The maximum atomic E-state index is 12.2. The highest BCUT2D eigenvalue weighted by Gasteiger charge is 1.99. The Morgan fingerprint density at radius 3 is 2.83 bits per heavy atom. The molecule has 0 aromatic heterocycles. The highest BCUT2D eigenvalue weighted by atomic mass is 35.5. The molecule has 1 aromatic rings. The molecule has 0 heterocycles. The zero-order chi connectivity index (χ0) is 8.97. The lowest BCUT2D eigenvalue weighted by atomic mass is 10.1. The Morgan fingerprint density at radius 1 is 1.58 bits per heavy atom. The predicted molar refractivity (Wildman–Crippen MR) is 49.6 cm³/mol. The fourth-order valence-corrected chi connectivity index (χ4v) is 1.10. The molecule has 0 unspecified atom stereocenters. The van der Waals surface area contributed by atoms with E-state index in [-0.39, 0.29) is 6.54 Å². The molecule has 3 heteroatoms. The smallest absolute Gasteiger partial charge is 0.0917 e. The van der Waals surface area contributed by atoms with Gasteiger partial charge < -0.3 is 5.73 Å². The van der Waals surface area contributed by atoms with Gasteiger partial charge in [-0.05, 0) is 17.7 Å². The van der Waals surface area contributed by atoms with Crippen LogP contribution in [0.3, 0.4) is 0 Å². The van der Waals surface area contributed by atoms with Gasteiger partial charge in [0.05, 0.1) is 6.33 Å². The van der Waals surface area contributed by atoms with Gasteiger partial charge in [-0.25, -0.2) is 4.39 Å². The molecule has 0 aliphatic heterocycles. The van der Waals surface area contributed by atoms with Crippen LogP contribution in [0.5, 0.6) is 0 Å². The van der Waals surface area contributed by atoms with Crippen LogP contribution in [0.25, 0.3) is 5.57 Å². The molecule has 1 rings (SSSR count). The van der Waals surface area contributed by atoms with E-state index in [9.17, 15) is 4.39 Å². The van der Waals surface area contributed by atoms with Crippen molar-refractivity contribution < 1.29 is 4.39 Å². The summed E-state index contributed by atoms with van der Waals surface area (Å²) < 4.78 is 12.2. The fraction of sp³-hybridized carbons (Fsp3) is 0.111. The summed E-state index contributed by atoms with van der Waals surface area (Å²) in [5, 5.41) is 0.584. The Hall–Kier alpha value is -0.860. The number of hydrogen-bond donors (Lipinski definition) is 1. The first kappa shape index (κ1) is 9.23. The molecule has 0 saturated carbocycles. The zero-order valence-electron chi connectivity index (χ0n) is 6.43. The van der Waals surface area contributed by atoms with E-state index < -0.39 is 0 Å². The van der Waals surface area contributed by atoms with E-state index in [0.29, 0.717) is 16.9 Å². The largest absolute Gasteiger partial charge is 0.326 e. The first-order chi connectivity index (χ1) is 5.77. The van der Waals surface area contributed by atoms with Crippen LogP contribution in [0.4, 0.5) is 4.39 Å². The molecule has 0 atom stereocenters. The van der Waals surface area contributed by atoms with E-state index in [4.69, 9.17) is 17.3 Å². The lowest BCUT2D eigenvalue weighted by Gasteiger charge is -2.01. The lowest BCUT2D eigenvalue weighted by molar-refractivity contribution is 0.721. The van der Waals surface area contributed by atoms with Gasteiger partial charge >= 0.3 is 0 Å². The summed E-state index contributed by atoms with van der Waals surface area (Å²) in [7, 11) is 0. The topological polar surface area (TPSA) is 26.0 Å². The maximum Gasteiger partial charge on any atom is 0.0917 e. The van der Waals surface area contributed by atoms with Crippen molar-refractivity contribution in [2.45, 2.75) is 0 Å². The van der Waals surface area contributed by atoms with Gasteiger partial charge in [0.1, 0.15) is 0 Å². The van der Waals surface area contributed by atoms with E-state index in [1.54, 1.807) is 24.3 Å². The second kappa shape index (κ2) is 4.24. The Bertz CT molecular complexity index is 296. The molecule has 0 aliphatic rings. The van der Waals surface area contributed by atoms with Crippen molar-refractivity contribution in [3.05, 3.63) is 41.2 Å². The van der Waals surface area contributed by atoms with Crippen molar-refractivity contribution >= 4 is 17.2 Å². The molecular weight excluding hydrogens is 177 g/mol. The van der Waals surface area contributed by atoms with E-state index in [2.05, 4.69) is 0 Å². The first-order valence-electron chi connectivity index (χ1n) is 3.53. The Kier molecular flexibility index (Phi) is 3.26. The van der Waals surface area contributed by atoms with Gasteiger partial charge in [0, 0.05) is 17.1 Å². The third-order valence-corrected chi connectivity index (χ3v) is 1.78. The first-order valence-corrected chi connectivity index (χ1v) is 3.91. The van der Waals surface area contributed by atoms with E-state index in [1.807, 2.05) is 0 Å². The molecule has 64 valence electrons. The number of hydrogen-bond acceptors (Lipinski definition) is 1. The summed E-state index contributed by atoms with van der Waals surface area (Å²) >= 11 is 5.71. The van der Waals surface area contributed by atoms with Crippen LogP contribution >= 0.6 is 11.6 Å². The van der Waals surface area contributed by atoms with Gasteiger partial charge in [0.15, 0.2) is 0 Å². The summed E-state index contributed by atoms with van der Waals surface area (Å²) in [4.78, 5) is 0. The van der Waals surface area contributed by atoms with E-state index in [0.717, 1.165) is 5.56 Å². The fourth-order valence-electron chi connectivity index (χ4n) is 0.914. The molecule has 1 aromatic carbocycles. The molecule has 0 aliphatic carbocycles. The Labute approximate surface area is 75.6 Å². The molecule has 0 radical (unpaired) electrons. The van der Waals surface area contributed by atoms with Gasteiger partial charge in [-0.1, -0.05) is 23.7 Å². The quantitative estimate of drug-likeness (QED) is 0.753. The number of nitrogens with two attached hydrogens (primary N) is 1. The van der Waals surface area contributed by atoms with Crippen LogP contribution in [-0.2, 0) is 0 Å². The molecule has 2 N–H and O–H groups in total. The van der Waals surface area contributed by atoms with Crippen LogP contribution < -0.4 is 5.73 Å². The van der Waals surface area contributed by atoms with Gasteiger partial charge in [-0.2, -0.15) is 0 Å². The molecule has 0 bridgehead atoms. The molecule has 0 saturated heterocycles. The minimum Gasteiger partial charge on any atom is -0.326 e. The third kappa shape index (κ3) is 2.06. The summed E-state index contributed by atoms with van der Waals surface area (Å²) in [6.45, 7) is 0.177. The molecule has 0 fully saturated rings. The number of halogens is 2. The maximum absolute atomic E-state index is 12.2. The standard InChI is InChI=1S/C9H9ClFN/c10-9-3-1-2-7(4-9)8(5-11)6-12/h1-5H,6,12H2. The molecule has 1 nitrogen and oxygen atoms in total. The molecular formula is C9H9ClFN. The SMILES string of the molecule is NCC(=CF)c1cccc(Cl)c1. The minimum absolute atomic E-state index is 0.177. The summed E-state index contributed by atoms with van der Waals surface area (Å²) in [5.74, 6) is 0. The number of benzene rings is 1. The van der Waals surface area contributed by atoms with Crippen LogP contribution in [0.1, 0.15) is 5.56 Å². The van der Waals surface area contributed by atoms with E-state index >= 15 is 0 Å². The van der Waals surface area contributed by atoms with Crippen molar-refractivity contribution in [2.24, 2.45) is 5.73 Å². The van der Waals surface area contributed by atoms with Crippen molar-refractivity contribution in [3.63, 3.8) is 0 Å². The summed E-state index contributed by atoms with van der Waals surface area (Å²) in [5.41, 5.74) is 6.50. The minimum atomic E-state index is 0.177. The summed E-state index contributed by atoms with van der Waals surface area (Å²) in [6, 6.07) is 6.94. The van der Waals surface area contributed by atoms with Crippen molar-refractivity contribution in [1.82, 2.24) is 0 Å². The van der Waals surface area contributed by atoms with Crippen LogP contribution in [0.2, 0.25) is 5.02 Å². The Morgan fingerprint density at radius 2 is 2.33 bits per heavy atom. The zero-order valence-corrected chi connectivity index (χ0v) is 7.18. The van der Waals surface area contributed by atoms with E-state index in [1.165, 1.54) is 0 Å². The molecule has 0 amide bonds. The van der Waals surface area contributed by atoms with Crippen LogP contribution in [0, 0.1) is 0 Å². The van der Waals surface area contributed by atoms with Crippen LogP contribution in [-0.4, -0.2) is 6.54 Å². The van der Waals surface area contributed by atoms with Gasteiger partial charge in [0.2, 0.25) is 0 Å². The van der Waals surface area contributed by atoms with Gasteiger partial charge in [0.25, 0.3) is 0 Å².